The monoisotopic (exact) mass is 736 g/mol. The number of aliphatic hydroxyl groups is 5. The quantitative estimate of drug-likeness (QED) is 0.0295. The fourth-order valence-corrected chi connectivity index (χ4v) is 6.33. The molecule has 0 spiro atoms. The molecule has 1 fully saturated rings. The van der Waals surface area contributed by atoms with Crippen molar-refractivity contribution >= 4 is 5.91 Å². The summed E-state index contributed by atoms with van der Waals surface area (Å²) in [4.78, 5) is 12.9. The van der Waals surface area contributed by atoms with E-state index in [1.165, 1.54) is 64.2 Å². The van der Waals surface area contributed by atoms with E-state index < -0.39 is 49.5 Å². The molecule has 302 valence electrons. The van der Waals surface area contributed by atoms with Gasteiger partial charge in [0, 0.05) is 6.42 Å². The van der Waals surface area contributed by atoms with Crippen molar-refractivity contribution in [3.05, 3.63) is 48.6 Å². The Morgan fingerprint density at radius 2 is 1.19 bits per heavy atom. The molecule has 52 heavy (non-hydrogen) atoms. The lowest BCUT2D eigenvalue weighted by atomic mass is 9.99. The summed E-state index contributed by atoms with van der Waals surface area (Å²) >= 11 is 0. The summed E-state index contributed by atoms with van der Waals surface area (Å²) in [7, 11) is 0. The number of aliphatic hydroxyl groups excluding tert-OH is 5. The van der Waals surface area contributed by atoms with Gasteiger partial charge in [0.25, 0.3) is 0 Å². The molecule has 1 heterocycles. The highest BCUT2D eigenvalue weighted by Gasteiger charge is 2.44. The number of unbranched alkanes of at least 4 members (excludes halogenated alkanes) is 15. The molecule has 1 saturated heterocycles. The SMILES string of the molecule is CC/C=C\C/C=C\C/C=C\C/C=C\CCCCCCCCCCCCC(=O)NC(COC1OC(CO)C(O)C(O)C1O)C(O)CCCCCCCC. The standard InChI is InChI=1S/C43H77NO8/c1-3-5-7-9-11-12-13-14-15-16-17-18-19-20-21-22-23-24-25-26-27-29-31-33-39(47)44-36(37(46)32-30-28-10-8-6-4-2)35-51-43-42(50)41(49)40(48)38(34-45)52-43/h5,7,11-12,14-15,17-18,36-38,40-43,45-46,48-50H,3-4,6,8-10,13,16,19-35H2,1-2H3,(H,44,47)/b7-5-,12-11-,15-14-,18-17-. The van der Waals surface area contributed by atoms with Crippen LogP contribution in [0.2, 0.25) is 0 Å². The smallest absolute Gasteiger partial charge is 0.220 e. The topological polar surface area (TPSA) is 149 Å². The maximum atomic E-state index is 12.9. The van der Waals surface area contributed by atoms with Crippen LogP contribution in [0.1, 0.15) is 162 Å². The zero-order valence-corrected chi connectivity index (χ0v) is 32.8. The molecule has 0 aromatic heterocycles. The molecule has 1 aliphatic heterocycles. The van der Waals surface area contributed by atoms with Gasteiger partial charge >= 0.3 is 0 Å². The van der Waals surface area contributed by atoms with Crippen molar-refractivity contribution in [3.63, 3.8) is 0 Å². The van der Waals surface area contributed by atoms with Crippen LogP contribution < -0.4 is 5.32 Å². The van der Waals surface area contributed by atoms with Gasteiger partial charge in [0.2, 0.25) is 5.91 Å². The Balaban J connectivity index is 2.22. The average molecular weight is 736 g/mol. The maximum absolute atomic E-state index is 12.9. The number of allylic oxidation sites excluding steroid dienone is 8. The first-order valence-electron chi connectivity index (χ1n) is 20.8. The number of hydrogen-bond acceptors (Lipinski definition) is 8. The lowest BCUT2D eigenvalue weighted by Gasteiger charge is -2.40. The van der Waals surface area contributed by atoms with Crippen LogP contribution in [0.15, 0.2) is 48.6 Å². The summed E-state index contributed by atoms with van der Waals surface area (Å²) in [5.41, 5.74) is 0. The molecule has 1 rings (SSSR count). The van der Waals surface area contributed by atoms with Gasteiger partial charge in [-0.05, 0) is 51.4 Å². The van der Waals surface area contributed by atoms with Crippen molar-refractivity contribution in [1.82, 2.24) is 5.32 Å². The van der Waals surface area contributed by atoms with Crippen molar-refractivity contribution in [2.45, 2.75) is 204 Å². The van der Waals surface area contributed by atoms with Crippen LogP contribution in [0.5, 0.6) is 0 Å². The molecule has 0 radical (unpaired) electrons. The predicted octanol–water partition coefficient (Wildman–Crippen LogP) is 7.89. The third kappa shape index (κ3) is 24.5. The number of amides is 1. The predicted molar refractivity (Wildman–Crippen MR) is 212 cm³/mol. The van der Waals surface area contributed by atoms with Crippen molar-refractivity contribution in [2.75, 3.05) is 13.2 Å². The van der Waals surface area contributed by atoms with Crippen LogP contribution in [0, 0.1) is 0 Å². The molecule has 0 saturated carbocycles. The zero-order valence-electron chi connectivity index (χ0n) is 32.8. The third-order valence-electron chi connectivity index (χ3n) is 9.70. The second kappa shape index (κ2) is 33.7. The first-order valence-corrected chi connectivity index (χ1v) is 20.8. The summed E-state index contributed by atoms with van der Waals surface area (Å²) < 4.78 is 11.2. The van der Waals surface area contributed by atoms with Gasteiger partial charge in [-0.1, -0.05) is 152 Å². The highest BCUT2D eigenvalue weighted by Crippen LogP contribution is 2.23. The van der Waals surface area contributed by atoms with E-state index in [1.807, 2.05) is 0 Å². The van der Waals surface area contributed by atoms with Gasteiger partial charge in [-0.15, -0.1) is 0 Å². The second-order valence-electron chi connectivity index (χ2n) is 14.4. The molecule has 1 amide bonds. The van der Waals surface area contributed by atoms with Crippen LogP contribution >= 0.6 is 0 Å². The first kappa shape index (κ1) is 48.2. The molecule has 0 aliphatic carbocycles. The Labute approximate surface area is 316 Å². The van der Waals surface area contributed by atoms with Crippen LogP contribution in [-0.4, -0.2) is 87.5 Å². The van der Waals surface area contributed by atoms with Crippen molar-refractivity contribution in [3.8, 4) is 0 Å². The molecule has 7 unspecified atom stereocenters. The van der Waals surface area contributed by atoms with Gasteiger partial charge in [0.05, 0.1) is 25.4 Å². The molecule has 1 aliphatic rings. The Bertz CT molecular complexity index is 951. The van der Waals surface area contributed by atoms with E-state index in [0.29, 0.717) is 12.8 Å². The van der Waals surface area contributed by atoms with Crippen LogP contribution in [0.4, 0.5) is 0 Å². The third-order valence-corrected chi connectivity index (χ3v) is 9.70. The van der Waals surface area contributed by atoms with Crippen molar-refractivity contribution in [1.29, 1.82) is 0 Å². The molecular weight excluding hydrogens is 658 g/mol. The largest absolute Gasteiger partial charge is 0.394 e. The van der Waals surface area contributed by atoms with E-state index in [2.05, 4.69) is 67.8 Å². The molecule has 9 heteroatoms. The number of ether oxygens (including phenoxy) is 2. The Morgan fingerprint density at radius 1 is 0.673 bits per heavy atom. The molecule has 9 nitrogen and oxygen atoms in total. The van der Waals surface area contributed by atoms with E-state index in [9.17, 15) is 30.3 Å². The van der Waals surface area contributed by atoms with Gasteiger partial charge in [-0.25, -0.2) is 0 Å². The second-order valence-corrected chi connectivity index (χ2v) is 14.4. The molecule has 7 atom stereocenters. The summed E-state index contributed by atoms with van der Waals surface area (Å²) in [6.45, 7) is 3.63. The molecule has 0 bridgehead atoms. The highest BCUT2D eigenvalue weighted by molar-refractivity contribution is 5.76. The van der Waals surface area contributed by atoms with E-state index in [0.717, 1.165) is 70.6 Å². The lowest BCUT2D eigenvalue weighted by Crippen LogP contribution is -2.60. The Kier molecular flexibility index (Phi) is 31.2. The van der Waals surface area contributed by atoms with Gasteiger partial charge in [-0.2, -0.15) is 0 Å². The Hall–Kier alpha value is -1.85. The minimum Gasteiger partial charge on any atom is -0.394 e. The van der Waals surface area contributed by atoms with Crippen LogP contribution in [0.3, 0.4) is 0 Å². The maximum Gasteiger partial charge on any atom is 0.220 e. The lowest BCUT2D eigenvalue weighted by molar-refractivity contribution is -0.302. The van der Waals surface area contributed by atoms with Crippen LogP contribution in [-0.2, 0) is 14.3 Å². The molecule has 6 N–H and O–H groups in total. The molecule has 0 aromatic rings. The van der Waals surface area contributed by atoms with Gasteiger partial charge in [0.1, 0.15) is 24.4 Å². The normalized spacial score (nSPS) is 22.3. The number of rotatable bonds is 33. The van der Waals surface area contributed by atoms with Crippen LogP contribution in [0.25, 0.3) is 0 Å². The van der Waals surface area contributed by atoms with Crippen molar-refractivity contribution in [2.24, 2.45) is 0 Å². The summed E-state index contributed by atoms with van der Waals surface area (Å²) in [5.74, 6) is -0.158. The Morgan fingerprint density at radius 3 is 1.77 bits per heavy atom. The van der Waals surface area contributed by atoms with Gasteiger partial charge in [0.15, 0.2) is 6.29 Å². The first-order chi connectivity index (χ1) is 25.3. The molecule has 0 aromatic carbocycles. The minimum atomic E-state index is -1.55. The summed E-state index contributed by atoms with van der Waals surface area (Å²) in [6.07, 6.45) is 34.4. The van der Waals surface area contributed by atoms with E-state index in [4.69, 9.17) is 9.47 Å². The number of carbonyl (C=O) groups is 1. The fourth-order valence-electron chi connectivity index (χ4n) is 6.33. The van der Waals surface area contributed by atoms with E-state index in [1.54, 1.807) is 0 Å². The summed E-state index contributed by atoms with van der Waals surface area (Å²) in [6, 6.07) is -0.718. The fraction of sp³-hybridized carbons (Fsp3) is 0.791. The van der Waals surface area contributed by atoms with E-state index >= 15 is 0 Å². The molecular formula is C43H77NO8. The average Bonchev–Trinajstić information content (AvgIpc) is 3.14. The minimum absolute atomic E-state index is 0.143. The van der Waals surface area contributed by atoms with Gasteiger partial charge in [-0.3, -0.25) is 4.79 Å². The van der Waals surface area contributed by atoms with E-state index in [-0.39, 0.29) is 12.5 Å². The zero-order chi connectivity index (χ0) is 38.1. The van der Waals surface area contributed by atoms with Crippen molar-refractivity contribution < 1.29 is 39.8 Å². The number of carbonyl (C=O) groups excluding carboxylic acids is 1. The van der Waals surface area contributed by atoms with Gasteiger partial charge < -0.3 is 40.3 Å². The highest BCUT2D eigenvalue weighted by atomic mass is 16.7. The summed E-state index contributed by atoms with van der Waals surface area (Å²) in [5, 5.41) is 53.9. The number of hydrogen-bond donors (Lipinski definition) is 6. The number of nitrogens with one attached hydrogen (secondary N) is 1.